The van der Waals surface area contributed by atoms with Crippen LogP contribution >= 0.6 is 11.6 Å². The molecule has 6 aromatic rings. The Bertz CT molecular complexity index is 2160. The average Bonchev–Trinajstić information content (AvgIpc) is 3.47. The van der Waals surface area contributed by atoms with Crippen molar-refractivity contribution in [2.75, 3.05) is 12.4 Å². The van der Waals surface area contributed by atoms with Crippen molar-refractivity contribution in [1.29, 1.82) is 0 Å². The zero-order valence-electron chi connectivity index (χ0n) is 27.1. The zero-order valence-corrected chi connectivity index (χ0v) is 27.9. The number of amides is 2. The fourth-order valence-electron chi connectivity index (χ4n) is 5.33. The van der Waals surface area contributed by atoms with Gasteiger partial charge in [0.05, 0.1) is 10.6 Å². The number of alkyl halides is 3. The summed E-state index contributed by atoms with van der Waals surface area (Å²) in [5, 5.41) is 12.4. The molecule has 260 valence electrons. The number of aromatic carboxylic acids is 1. The number of hydrogen-bond acceptors (Lipinski definition) is 4. The molecule has 8 nitrogen and oxygen atoms in total. The maximum atomic E-state index is 12.9. The number of H-pyrrole nitrogens is 1. The van der Waals surface area contributed by atoms with Gasteiger partial charge in [0.1, 0.15) is 11.7 Å². The largest absolute Gasteiger partial charge is 0.477 e. The molecule has 0 aliphatic heterocycles. The molecule has 1 heterocycles. The number of nitrogens with two attached hydrogens (primary N) is 1. The lowest BCUT2D eigenvalue weighted by molar-refractivity contribution is -0.137. The highest BCUT2D eigenvalue weighted by atomic mass is 35.5. The fourth-order valence-corrected chi connectivity index (χ4v) is 5.61. The normalized spacial score (nSPS) is 11.6. The van der Waals surface area contributed by atoms with Gasteiger partial charge in [-0.25, -0.2) is 4.79 Å². The summed E-state index contributed by atoms with van der Waals surface area (Å²) in [6.07, 6.45) is -4.45. The van der Waals surface area contributed by atoms with Crippen molar-refractivity contribution >= 4 is 46.0 Å². The summed E-state index contributed by atoms with van der Waals surface area (Å²) in [5.74, 6) is -1.76. The molecule has 6 rings (SSSR count). The number of likely N-dealkylation sites (N-methyl/N-ethyl adjacent to an activating group) is 1. The topological polar surface area (TPSA) is 129 Å². The highest BCUT2D eigenvalue weighted by Crippen LogP contribution is 2.33. The predicted octanol–water partition coefficient (Wildman–Crippen LogP) is 8.80. The number of anilines is 1. The van der Waals surface area contributed by atoms with Crippen LogP contribution in [-0.2, 0) is 17.5 Å². The Morgan fingerprint density at radius 2 is 1.47 bits per heavy atom. The Kier molecular flexibility index (Phi) is 11.2. The van der Waals surface area contributed by atoms with Gasteiger partial charge in [0.2, 0.25) is 5.91 Å². The highest BCUT2D eigenvalue weighted by Gasteiger charge is 2.30. The molecule has 0 saturated heterocycles. The minimum Gasteiger partial charge on any atom is -0.477 e. The SMILES string of the molecule is CN(Cc1ccccc1)C(=O)C(N)c1ccccc1.O=C(Nc1ccc2[nH]c(C(=O)O)c(Cl)c2c1)c1ccccc1-c1ccc(C(F)(F)F)cc1. The third-order valence-corrected chi connectivity index (χ3v) is 8.36. The van der Waals surface area contributed by atoms with Crippen molar-refractivity contribution < 1.29 is 32.7 Å². The first-order valence-corrected chi connectivity index (χ1v) is 15.9. The molecule has 0 fully saturated rings. The fraction of sp³-hybridized carbons (Fsp3) is 0.103. The van der Waals surface area contributed by atoms with Crippen LogP contribution in [0, 0.1) is 0 Å². The number of hydrogen-bond donors (Lipinski definition) is 4. The quantitative estimate of drug-likeness (QED) is 0.125. The van der Waals surface area contributed by atoms with Gasteiger partial charge in [0.15, 0.2) is 0 Å². The van der Waals surface area contributed by atoms with Gasteiger partial charge in [-0.1, -0.05) is 103 Å². The smallest absolute Gasteiger partial charge is 0.416 e. The van der Waals surface area contributed by atoms with E-state index in [-0.39, 0.29) is 22.2 Å². The minimum absolute atomic E-state index is 0.0220. The molecule has 12 heteroatoms. The van der Waals surface area contributed by atoms with E-state index in [9.17, 15) is 32.7 Å². The number of carboxylic acid groups (broad SMARTS) is 1. The van der Waals surface area contributed by atoms with E-state index >= 15 is 0 Å². The van der Waals surface area contributed by atoms with Gasteiger partial charge in [-0.2, -0.15) is 13.2 Å². The molecule has 2 amide bonds. The van der Waals surface area contributed by atoms with E-state index in [0.717, 1.165) is 23.3 Å². The number of fused-ring (bicyclic) bond motifs is 1. The van der Waals surface area contributed by atoms with Gasteiger partial charge in [0.25, 0.3) is 5.91 Å². The monoisotopic (exact) mass is 712 g/mol. The molecular formula is C39H32ClF3N4O4. The molecule has 5 aromatic carbocycles. The molecule has 0 bridgehead atoms. The van der Waals surface area contributed by atoms with E-state index in [2.05, 4.69) is 10.3 Å². The van der Waals surface area contributed by atoms with Gasteiger partial charge < -0.3 is 26.0 Å². The van der Waals surface area contributed by atoms with Crippen molar-refractivity contribution in [3.63, 3.8) is 0 Å². The number of rotatable bonds is 8. The first-order chi connectivity index (χ1) is 24.3. The van der Waals surface area contributed by atoms with Crippen LogP contribution in [0.15, 0.2) is 127 Å². The van der Waals surface area contributed by atoms with Crippen molar-refractivity contribution in [2.24, 2.45) is 5.73 Å². The number of carbonyl (C=O) groups excluding carboxylic acids is 2. The second-order valence-corrected chi connectivity index (χ2v) is 11.9. The molecular weight excluding hydrogens is 681 g/mol. The third kappa shape index (κ3) is 8.82. The second kappa shape index (κ2) is 15.8. The molecule has 1 aromatic heterocycles. The first-order valence-electron chi connectivity index (χ1n) is 15.6. The van der Waals surface area contributed by atoms with E-state index in [1.807, 2.05) is 60.7 Å². The molecule has 51 heavy (non-hydrogen) atoms. The van der Waals surface area contributed by atoms with E-state index < -0.39 is 29.7 Å². The summed E-state index contributed by atoms with van der Waals surface area (Å²) in [6, 6.07) is 34.5. The summed E-state index contributed by atoms with van der Waals surface area (Å²) in [5.41, 5.74) is 9.06. The van der Waals surface area contributed by atoms with Gasteiger partial charge in [-0.05, 0) is 58.7 Å². The molecule has 0 aliphatic rings. The predicted molar refractivity (Wildman–Crippen MR) is 191 cm³/mol. The molecule has 1 atom stereocenters. The number of nitrogens with zero attached hydrogens (tertiary/aromatic N) is 1. The maximum Gasteiger partial charge on any atom is 0.416 e. The van der Waals surface area contributed by atoms with Crippen LogP contribution in [0.25, 0.3) is 22.0 Å². The molecule has 1 unspecified atom stereocenters. The van der Waals surface area contributed by atoms with E-state index in [1.54, 1.807) is 54.4 Å². The molecule has 5 N–H and O–H groups in total. The van der Waals surface area contributed by atoms with Crippen molar-refractivity contribution in [1.82, 2.24) is 9.88 Å². The lowest BCUT2D eigenvalue weighted by Crippen LogP contribution is -2.35. The first kappa shape index (κ1) is 36.4. The molecule has 0 aliphatic carbocycles. The summed E-state index contributed by atoms with van der Waals surface area (Å²) in [4.78, 5) is 40.8. The Labute approximate surface area is 296 Å². The summed E-state index contributed by atoms with van der Waals surface area (Å²) < 4.78 is 38.5. The van der Waals surface area contributed by atoms with Gasteiger partial charge in [-0.15, -0.1) is 0 Å². The number of carboxylic acids is 1. The van der Waals surface area contributed by atoms with Crippen LogP contribution in [-0.4, -0.2) is 39.8 Å². The maximum absolute atomic E-state index is 12.9. The average molecular weight is 713 g/mol. The zero-order chi connectivity index (χ0) is 36.7. The number of aromatic amines is 1. The number of halogens is 4. The van der Waals surface area contributed by atoms with E-state index in [0.29, 0.717) is 34.3 Å². The van der Waals surface area contributed by atoms with Crippen molar-refractivity contribution in [2.45, 2.75) is 18.8 Å². The van der Waals surface area contributed by atoms with Crippen LogP contribution < -0.4 is 11.1 Å². The Morgan fingerprint density at radius 1 is 0.863 bits per heavy atom. The van der Waals surface area contributed by atoms with Crippen LogP contribution in [0.1, 0.15) is 43.6 Å². The third-order valence-electron chi connectivity index (χ3n) is 7.97. The van der Waals surface area contributed by atoms with Crippen molar-refractivity contribution in [3.05, 3.63) is 160 Å². The van der Waals surface area contributed by atoms with Crippen LogP contribution in [0.2, 0.25) is 5.02 Å². The number of benzene rings is 5. The Hall–Kier alpha value is -5.91. The molecule has 0 saturated carbocycles. The van der Waals surface area contributed by atoms with Crippen LogP contribution in [0.3, 0.4) is 0 Å². The Balaban J connectivity index is 0.000000226. The van der Waals surface area contributed by atoms with Crippen LogP contribution in [0.5, 0.6) is 0 Å². The molecule has 0 radical (unpaired) electrons. The van der Waals surface area contributed by atoms with E-state index in [4.69, 9.17) is 17.3 Å². The van der Waals surface area contributed by atoms with Crippen molar-refractivity contribution in [3.8, 4) is 11.1 Å². The van der Waals surface area contributed by atoms with Gasteiger partial charge in [-0.3, -0.25) is 9.59 Å². The number of nitrogens with one attached hydrogen (secondary N) is 2. The highest BCUT2D eigenvalue weighted by molar-refractivity contribution is 6.38. The Morgan fingerprint density at radius 3 is 2.10 bits per heavy atom. The van der Waals surface area contributed by atoms with Gasteiger partial charge in [0, 0.05) is 35.7 Å². The summed E-state index contributed by atoms with van der Waals surface area (Å²) in [7, 11) is 1.78. The lowest BCUT2D eigenvalue weighted by atomic mass is 9.98. The second-order valence-electron chi connectivity index (χ2n) is 11.5. The summed E-state index contributed by atoms with van der Waals surface area (Å²) in [6.45, 7) is 0.570. The van der Waals surface area contributed by atoms with Gasteiger partial charge >= 0.3 is 12.1 Å². The lowest BCUT2D eigenvalue weighted by Gasteiger charge is -2.21. The standard InChI is InChI=1S/C23H14ClF3N2O3.C16H18N2O/c24-19-17-11-14(9-10-18(17)29-20(19)22(31)32)28-21(30)16-4-2-1-3-15(16)12-5-7-13(8-6-12)23(25,26)27;1-18(12-13-8-4-2-5-9-13)16(19)15(17)14-10-6-3-7-11-14/h1-11,29H,(H,28,30)(H,31,32);2-11,15H,12,17H2,1H3. The van der Waals surface area contributed by atoms with E-state index in [1.165, 1.54) is 12.1 Å². The van der Waals surface area contributed by atoms with Crippen LogP contribution in [0.4, 0.5) is 18.9 Å². The minimum atomic E-state index is -4.45. The summed E-state index contributed by atoms with van der Waals surface area (Å²) >= 11 is 6.12. The molecule has 0 spiro atoms. The number of carbonyl (C=O) groups is 3. The number of aromatic nitrogens is 1.